The summed E-state index contributed by atoms with van der Waals surface area (Å²) in [5.74, 6) is 0.260. The van der Waals surface area contributed by atoms with Crippen LogP contribution in [0.2, 0.25) is 0 Å². The predicted octanol–water partition coefficient (Wildman–Crippen LogP) is 0.693. The average molecular weight is 290 g/mol. The molecule has 0 bridgehead atoms. The van der Waals surface area contributed by atoms with E-state index in [2.05, 4.69) is 4.98 Å². The van der Waals surface area contributed by atoms with Crippen LogP contribution in [0.3, 0.4) is 0 Å². The Kier molecular flexibility index (Phi) is 3.86. The summed E-state index contributed by atoms with van der Waals surface area (Å²) in [6.07, 6.45) is 0.300. The highest BCUT2D eigenvalue weighted by molar-refractivity contribution is 7.91. The van der Waals surface area contributed by atoms with E-state index in [0.29, 0.717) is 24.6 Å². The average Bonchev–Trinajstić information content (AvgIpc) is 2.77. The van der Waals surface area contributed by atoms with Crippen molar-refractivity contribution in [3.05, 3.63) is 5.38 Å². The van der Waals surface area contributed by atoms with Crippen molar-refractivity contribution >= 4 is 32.3 Å². The first-order valence-corrected chi connectivity index (χ1v) is 8.32. The molecule has 100 valence electrons. The van der Waals surface area contributed by atoms with Gasteiger partial charge in [-0.2, -0.15) is 4.98 Å². The van der Waals surface area contributed by atoms with E-state index in [9.17, 15) is 13.2 Å². The van der Waals surface area contributed by atoms with Gasteiger partial charge in [0.2, 0.25) is 5.88 Å². The van der Waals surface area contributed by atoms with E-state index < -0.39 is 9.84 Å². The molecule has 0 spiro atoms. The SMILES string of the molecule is CCC(=O)Oc1csc(N2CCS(=O)(=O)CC2)n1. The molecule has 1 aromatic heterocycles. The summed E-state index contributed by atoms with van der Waals surface area (Å²) in [7, 11) is -2.89. The van der Waals surface area contributed by atoms with Crippen molar-refractivity contribution in [1.82, 2.24) is 4.98 Å². The van der Waals surface area contributed by atoms with E-state index >= 15 is 0 Å². The molecule has 1 aliphatic heterocycles. The molecular formula is C10H14N2O4S2. The van der Waals surface area contributed by atoms with Gasteiger partial charge < -0.3 is 9.64 Å². The smallest absolute Gasteiger partial charge is 0.312 e. The molecule has 0 amide bonds. The van der Waals surface area contributed by atoms with Gasteiger partial charge in [0.1, 0.15) is 0 Å². The van der Waals surface area contributed by atoms with Gasteiger partial charge in [0.15, 0.2) is 15.0 Å². The monoisotopic (exact) mass is 290 g/mol. The number of nitrogens with zero attached hydrogens (tertiary/aromatic N) is 2. The first kappa shape index (κ1) is 13.3. The number of carbonyl (C=O) groups is 1. The first-order valence-electron chi connectivity index (χ1n) is 5.62. The largest absolute Gasteiger partial charge is 0.406 e. The molecule has 0 N–H and O–H groups in total. The van der Waals surface area contributed by atoms with Crippen molar-refractivity contribution in [3.8, 4) is 5.88 Å². The van der Waals surface area contributed by atoms with Gasteiger partial charge in [0.25, 0.3) is 0 Å². The molecule has 8 heteroatoms. The van der Waals surface area contributed by atoms with E-state index in [1.807, 2.05) is 4.90 Å². The second-order valence-electron chi connectivity index (χ2n) is 3.93. The number of anilines is 1. The van der Waals surface area contributed by atoms with Gasteiger partial charge in [0.05, 0.1) is 16.9 Å². The molecule has 1 saturated heterocycles. The topological polar surface area (TPSA) is 76.6 Å². The summed E-state index contributed by atoms with van der Waals surface area (Å²) in [5.41, 5.74) is 0. The summed E-state index contributed by atoms with van der Waals surface area (Å²) in [5, 5.41) is 2.36. The Bertz CT molecular complexity index is 524. The minimum absolute atomic E-state index is 0.149. The number of ether oxygens (including phenoxy) is 1. The van der Waals surface area contributed by atoms with Crippen molar-refractivity contribution in [3.63, 3.8) is 0 Å². The minimum atomic E-state index is -2.89. The van der Waals surface area contributed by atoms with Crippen LogP contribution in [-0.4, -0.2) is 44.0 Å². The third-order valence-electron chi connectivity index (χ3n) is 2.59. The van der Waals surface area contributed by atoms with Gasteiger partial charge in [-0.15, -0.1) is 11.3 Å². The molecule has 2 rings (SSSR count). The lowest BCUT2D eigenvalue weighted by Gasteiger charge is -2.25. The number of sulfone groups is 1. The maximum absolute atomic E-state index is 11.3. The fourth-order valence-electron chi connectivity index (χ4n) is 1.53. The lowest BCUT2D eigenvalue weighted by atomic mass is 10.5. The Morgan fingerprint density at radius 1 is 1.50 bits per heavy atom. The highest BCUT2D eigenvalue weighted by Crippen LogP contribution is 2.26. The lowest BCUT2D eigenvalue weighted by molar-refractivity contribution is -0.134. The molecule has 1 aromatic rings. The van der Waals surface area contributed by atoms with E-state index in [0.717, 1.165) is 0 Å². The maximum atomic E-state index is 11.3. The Balaban J connectivity index is 2.00. The lowest BCUT2D eigenvalue weighted by Crippen LogP contribution is -2.40. The number of thiazole rings is 1. The number of esters is 1. The molecule has 2 heterocycles. The van der Waals surface area contributed by atoms with Gasteiger partial charge >= 0.3 is 5.97 Å². The molecule has 0 unspecified atom stereocenters. The summed E-state index contributed by atoms with van der Waals surface area (Å²) >= 11 is 1.35. The van der Waals surface area contributed by atoms with Crippen LogP contribution in [0.15, 0.2) is 5.38 Å². The summed E-state index contributed by atoms with van der Waals surface area (Å²) in [4.78, 5) is 17.2. The first-order chi connectivity index (χ1) is 8.50. The molecule has 1 aliphatic rings. The van der Waals surface area contributed by atoms with E-state index in [4.69, 9.17) is 4.74 Å². The number of rotatable bonds is 3. The Morgan fingerprint density at radius 3 is 2.78 bits per heavy atom. The number of aromatic nitrogens is 1. The fourth-order valence-corrected chi connectivity index (χ4v) is 3.52. The van der Waals surface area contributed by atoms with Crippen LogP contribution in [0.4, 0.5) is 5.13 Å². The van der Waals surface area contributed by atoms with Crippen LogP contribution in [0, 0.1) is 0 Å². The van der Waals surface area contributed by atoms with Crippen LogP contribution in [-0.2, 0) is 14.6 Å². The zero-order chi connectivity index (χ0) is 13.2. The van der Waals surface area contributed by atoms with Gasteiger partial charge in [-0.05, 0) is 0 Å². The highest BCUT2D eigenvalue weighted by Gasteiger charge is 2.23. The van der Waals surface area contributed by atoms with Crippen LogP contribution < -0.4 is 9.64 Å². The maximum Gasteiger partial charge on any atom is 0.312 e. The zero-order valence-corrected chi connectivity index (χ0v) is 11.6. The van der Waals surface area contributed by atoms with Crippen LogP contribution in [0.1, 0.15) is 13.3 Å². The van der Waals surface area contributed by atoms with Crippen molar-refractivity contribution < 1.29 is 17.9 Å². The molecule has 0 aromatic carbocycles. The van der Waals surface area contributed by atoms with Gasteiger partial charge in [-0.3, -0.25) is 4.79 Å². The van der Waals surface area contributed by atoms with Crippen molar-refractivity contribution in [2.24, 2.45) is 0 Å². The van der Waals surface area contributed by atoms with E-state index in [-0.39, 0.29) is 23.4 Å². The fraction of sp³-hybridized carbons (Fsp3) is 0.600. The molecule has 0 aliphatic carbocycles. The number of hydrogen-bond donors (Lipinski definition) is 0. The molecule has 0 saturated carbocycles. The van der Waals surface area contributed by atoms with Crippen molar-refractivity contribution in [2.45, 2.75) is 13.3 Å². The summed E-state index contributed by atoms with van der Waals surface area (Å²) in [6.45, 7) is 2.60. The number of carbonyl (C=O) groups excluding carboxylic acids is 1. The molecule has 0 radical (unpaired) electrons. The second kappa shape index (κ2) is 5.23. The van der Waals surface area contributed by atoms with Crippen molar-refractivity contribution in [1.29, 1.82) is 0 Å². The number of hydrogen-bond acceptors (Lipinski definition) is 7. The molecular weight excluding hydrogens is 276 g/mol. The second-order valence-corrected chi connectivity index (χ2v) is 7.07. The molecule has 0 atom stereocenters. The minimum Gasteiger partial charge on any atom is -0.406 e. The quantitative estimate of drug-likeness (QED) is 0.762. The van der Waals surface area contributed by atoms with Crippen LogP contribution >= 0.6 is 11.3 Å². The van der Waals surface area contributed by atoms with Crippen LogP contribution in [0.5, 0.6) is 5.88 Å². The molecule has 6 nitrogen and oxygen atoms in total. The predicted molar refractivity (Wildman–Crippen MR) is 68.9 cm³/mol. The summed E-state index contributed by atoms with van der Waals surface area (Å²) in [6, 6.07) is 0. The zero-order valence-electron chi connectivity index (χ0n) is 9.96. The normalized spacial score (nSPS) is 18.6. The standard InChI is InChI=1S/C10H14N2O4S2/c1-2-9(13)16-8-7-17-10(11-8)12-3-5-18(14,15)6-4-12/h7H,2-6H2,1H3. The Morgan fingerprint density at radius 2 is 2.17 bits per heavy atom. The van der Waals surface area contributed by atoms with Crippen molar-refractivity contribution in [2.75, 3.05) is 29.5 Å². The van der Waals surface area contributed by atoms with Gasteiger partial charge in [0, 0.05) is 19.5 Å². The highest BCUT2D eigenvalue weighted by atomic mass is 32.2. The van der Waals surface area contributed by atoms with Gasteiger partial charge in [-0.1, -0.05) is 6.92 Å². The van der Waals surface area contributed by atoms with E-state index in [1.165, 1.54) is 11.3 Å². The Hall–Kier alpha value is -1.15. The third kappa shape index (κ3) is 3.20. The molecule has 1 fully saturated rings. The van der Waals surface area contributed by atoms with E-state index in [1.54, 1.807) is 12.3 Å². The Labute approximate surface area is 110 Å². The van der Waals surface area contributed by atoms with Crippen LogP contribution in [0.25, 0.3) is 0 Å². The third-order valence-corrected chi connectivity index (χ3v) is 5.08. The van der Waals surface area contributed by atoms with Gasteiger partial charge in [-0.25, -0.2) is 8.42 Å². The molecule has 18 heavy (non-hydrogen) atoms. The summed E-state index contributed by atoms with van der Waals surface area (Å²) < 4.78 is 27.6.